The number of aromatic nitrogens is 2. The monoisotopic (exact) mass is 331 g/mol. The first kappa shape index (κ1) is 14.6. The minimum Gasteiger partial charge on any atom is -0.480 e. The fraction of sp³-hybridized carbons (Fsp3) is 0.500. The van der Waals surface area contributed by atoms with Gasteiger partial charge in [-0.3, -0.25) is 4.79 Å². The van der Waals surface area contributed by atoms with Crippen LogP contribution in [0.4, 0.5) is 0 Å². The molecule has 0 aromatic carbocycles. The van der Waals surface area contributed by atoms with E-state index in [1.165, 1.54) is 11.3 Å². The summed E-state index contributed by atoms with van der Waals surface area (Å²) in [5.74, 6) is -0.858. The zero-order chi connectivity index (χ0) is 16.0. The average molecular weight is 331 g/mol. The molecule has 0 spiro atoms. The van der Waals surface area contributed by atoms with E-state index in [4.69, 9.17) is 0 Å². The van der Waals surface area contributed by atoms with Crippen LogP contribution in [0.25, 0.3) is 10.3 Å². The summed E-state index contributed by atoms with van der Waals surface area (Å²) >= 11 is 1.24. The van der Waals surface area contributed by atoms with Gasteiger partial charge >= 0.3 is 5.97 Å². The lowest BCUT2D eigenvalue weighted by Crippen LogP contribution is -2.46. The first-order valence-electron chi connectivity index (χ1n) is 7.92. The van der Waals surface area contributed by atoms with Gasteiger partial charge in [0.2, 0.25) is 0 Å². The molecule has 1 aliphatic heterocycles. The molecule has 3 unspecified atom stereocenters. The number of likely N-dealkylation sites (tertiary alicyclic amines) is 1. The number of carboxylic acid groups (broad SMARTS) is 1. The van der Waals surface area contributed by atoms with E-state index in [1.54, 1.807) is 17.2 Å². The summed E-state index contributed by atoms with van der Waals surface area (Å²) in [6.07, 6.45) is 6.32. The predicted octanol–water partition coefficient (Wildman–Crippen LogP) is 2.55. The van der Waals surface area contributed by atoms with Crippen molar-refractivity contribution in [2.24, 2.45) is 5.92 Å². The highest BCUT2D eigenvalue weighted by Gasteiger charge is 2.48. The first-order valence-corrected chi connectivity index (χ1v) is 8.74. The minimum atomic E-state index is -0.910. The zero-order valence-corrected chi connectivity index (χ0v) is 13.3. The number of carbonyl (C=O) groups excluding carboxylic acids is 1. The normalized spacial score (nSPS) is 27.1. The van der Waals surface area contributed by atoms with Crippen molar-refractivity contribution in [1.82, 2.24) is 14.9 Å². The Labute approximate surface area is 137 Å². The van der Waals surface area contributed by atoms with Crippen molar-refractivity contribution in [3.8, 4) is 0 Å². The molecule has 0 bridgehead atoms. The highest BCUT2D eigenvalue weighted by molar-refractivity contribution is 7.19. The lowest BCUT2D eigenvalue weighted by molar-refractivity contribution is -0.141. The van der Waals surface area contributed by atoms with Crippen molar-refractivity contribution in [3.63, 3.8) is 0 Å². The Morgan fingerprint density at radius 2 is 2.13 bits per heavy atom. The summed E-state index contributed by atoms with van der Waals surface area (Å²) in [7, 11) is 0. The average Bonchev–Trinajstić information content (AvgIpc) is 3.15. The van der Waals surface area contributed by atoms with Crippen molar-refractivity contribution in [2.45, 2.75) is 44.2 Å². The Kier molecular flexibility index (Phi) is 3.52. The van der Waals surface area contributed by atoms with Crippen molar-refractivity contribution < 1.29 is 14.7 Å². The van der Waals surface area contributed by atoms with Crippen LogP contribution in [-0.4, -0.2) is 43.9 Å². The number of hydrogen-bond donors (Lipinski definition) is 1. The van der Waals surface area contributed by atoms with Gasteiger partial charge < -0.3 is 10.0 Å². The van der Waals surface area contributed by atoms with Crippen LogP contribution in [0.5, 0.6) is 0 Å². The Balaban J connectivity index is 1.70. The maximum Gasteiger partial charge on any atom is 0.326 e. The van der Waals surface area contributed by atoms with E-state index in [1.807, 2.05) is 6.07 Å². The van der Waals surface area contributed by atoms with E-state index in [-0.39, 0.29) is 11.9 Å². The van der Waals surface area contributed by atoms with Crippen LogP contribution in [-0.2, 0) is 4.79 Å². The Bertz CT molecular complexity index is 742. The largest absolute Gasteiger partial charge is 0.480 e. The third-order valence-electron chi connectivity index (χ3n) is 4.96. The molecule has 3 heterocycles. The molecule has 0 radical (unpaired) electrons. The number of hydrogen-bond acceptors (Lipinski definition) is 5. The third-order valence-corrected chi connectivity index (χ3v) is 5.92. The van der Waals surface area contributed by atoms with Gasteiger partial charge in [0.05, 0.1) is 0 Å². The van der Waals surface area contributed by atoms with Gasteiger partial charge in [-0.25, -0.2) is 14.8 Å². The van der Waals surface area contributed by atoms with E-state index in [9.17, 15) is 14.7 Å². The van der Waals surface area contributed by atoms with E-state index in [0.29, 0.717) is 27.7 Å². The summed E-state index contributed by atoms with van der Waals surface area (Å²) in [5, 5.41) is 9.89. The lowest BCUT2D eigenvalue weighted by Gasteiger charge is -2.32. The molecule has 2 aromatic rings. The molecule has 6 nitrogen and oxygen atoms in total. The van der Waals surface area contributed by atoms with Crippen LogP contribution in [0.2, 0.25) is 0 Å². The van der Waals surface area contributed by atoms with E-state index < -0.39 is 12.0 Å². The van der Waals surface area contributed by atoms with Crippen molar-refractivity contribution in [1.29, 1.82) is 0 Å². The van der Waals surface area contributed by atoms with Gasteiger partial charge in [0, 0.05) is 12.2 Å². The molecular weight excluding hydrogens is 314 g/mol. The number of pyridine rings is 1. The number of carbonyl (C=O) groups is 2. The van der Waals surface area contributed by atoms with Gasteiger partial charge in [-0.05, 0) is 37.3 Å². The Hall–Kier alpha value is -2.02. The van der Waals surface area contributed by atoms with Crippen LogP contribution < -0.4 is 0 Å². The van der Waals surface area contributed by atoms with Crippen LogP contribution in [0.15, 0.2) is 18.3 Å². The standard InChI is InChI=1S/C16H17N3O3S/c20-15(14-18-10-5-3-7-17-13(10)23-14)19-11-6-2-1-4-9(11)8-12(19)16(21)22/h3,5,7,9,11-12H,1-2,4,6,8H2,(H,21,22). The summed E-state index contributed by atoms with van der Waals surface area (Å²) in [4.78, 5) is 35.5. The molecule has 2 fully saturated rings. The van der Waals surface area contributed by atoms with Gasteiger partial charge in [0.25, 0.3) is 5.91 Å². The maximum absolute atomic E-state index is 13.0. The quantitative estimate of drug-likeness (QED) is 0.914. The molecule has 1 N–H and O–H groups in total. The van der Waals surface area contributed by atoms with Gasteiger partial charge in [-0.15, -0.1) is 0 Å². The van der Waals surface area contributed by atoms with Gasteiger partial charge in [-0.1, -0.05) is 24.2 Å². The van der Waals surface area contributed by atoms with Gasteiger partial charge in [0.1, 0.15) is 16.4 Å². The Morgan fingerprint density at radius 1 is 1.30 bits per heavy atom. The highest BCUT2D eigenvalue weighted by Crippen LogP contribution is 2.41. The summed E-state index contributed by atoms with van der Waals surface area (Å²) < 4.78 is 0. The van der Waals surface area contributed by atoms with Crippen molar-refractivity contribution in [3.05, 3.63) is 23.3 Å². The zero-order valence-electron chi connectivity index (χ0n) is 12.5. The number of carboxylic acids is 1. The summed E-state index contributed by atoms with van der Waals surface area (Å²) in [6.45, 7) is 0. The molecule has 120 valence electrons. The molecule has 1 saturated carbocycles. The first-order chi connectivity index (χ1) is 11.1. The lowest BCUT2D eigenvalue weighted by atomic mass is 9.85. The van der Waals surface area contributed by atoms with Gasteiger partial charge in [0.15, 0.2) is 5.01 Å². The molecule has 2 aromatic heterocycles. The summed E-state index contributed by atoms with van der Waals surface area (Å²) in [5.41, 5.74) is 0.687. The third kappa shape index (κ3) is 2.39. The molecule has 1 amide bonds. The molecule has 23 heavy (non-hydrogen) atoms. The molecule has 4 rings (SSSR count). The highest BCUT2D eigenvalue weighted by atomic mass is 32.1. The number of amides is 1. The number of thiazole rings is 1. The fourth-order valence-corrected chi connectivity index (χ4v) is 4.80. The molecule has 1 aliphatic carbocycles. The second-order valence-corrected chi connectivity index (χ2v) is 7.24. The van der Waals surface area contributed by atoms with Crippen LogP contribution in [0.3, 0.4) is 0 Å². The minimum absolute atomic E-state index is 0.0392. The topological polar surface area (TPSA) is 83.4 Å². The number of nitrogens with zero attached hydrogens (tertiary/aromatic N) is 3. The fourth-order valence-electron chi connectivity index (χ4n) is 3.94. The molecule has 3 atom stereocenters. The van der Waals surface area contributed by atoms with Crippen LogP contribution in [0.1, 0.15) is 41.9 Å². The summed E-state index contributed by atoms with van der Waals surface area (Å²) in [6, 6.07) is 2.91. The molecule has 1 saturated heterocycles. The van der Waals surface area contributed by atoms with Crippen LogP contribution in [0, 0.1) is 5.92 Å². The van der Waals surface area contributed by atoms with E-state index >= 15 is 0 Å². The molecular formula is C16H17N3O3S. The maximum atomic E-state index is 13.0. The second-order valence-electron chi connectivity index (χ2n) is 6.26. The molecule has 7 heteroatoms. The SMILES string of the molecule is O=C(O)C1CC2CCCCC2N1C(=O)c1nc2cccnc2s1. The smallest absolute Gasteiger partial charge is 0.326 e. The van der Waals surface area contributed by atoms with E-state index in [2.05, 4.69) is 9.97 Å². The second kappa shape index (κ2) is 5.56. The predicted molar refractivity (Wildman–Crippen MR) is 85.4 cm³/mol. The van der Waals surface area contributed by atoms with Crippen LogP contribution >= 0.6 is 11.3 Å². The number of fused-ring (bicyclic) bond motifs is 2. The molecule has 2 aliphatic rings. The van der Waals surface area contributed by atoms with Crippen molar-refractivity contribution >= 4 is 33.6 Å². The van der Waals surface area contributed by atoms with E-state index in [0.717, 1.165) is 25.7 Å². The van der Waals surface area contributed by atoms with Crippen molar-refractivity contribution in [2.75, 3.05) is 0 Å². The number of aliphatic carboxylic acids is 1. The van der Waals surface area contributed by atoms with Gasteiger partial charge in [-0.2, -0.15) is 0 Å². The number of rotatable bonds is 2. The Morgan fingerprint density at radius 3 is 2.91 bits per heavy atom.